The van der Waals surface area contributed by atoms with Crippen LogP contribution in [0.1, 0.15) is 21.5 Å². The molecule has 1 atom stereocenters. The van der Waals surface area contributed by atoms with Crippen molar-refractivity contribution in [2.45, 2.75) is 19.0 Å². The molecule has 24 heavy (non-hydrogen) atoms. The van der Waals surface area contributed by atoms with Crippen molar-refractivity contribution >= 4 is 5.97 Å². The molecule has 0 radical (unpaired) electrons. The molecule has 1 aliphatic rings. The first kappa shape index (κ1) is 16.3. The zero-order valence-corrected chi connectivity index (χ0v) is 13.9. The number of ether oxygens (including phenoxy) is 3. The van der Waals surface area contributed by atoms with Crippen molar-refractivity contribution in [1.29, 1.82) is 0 Å². The summed E-state index contributed by atoms with van der Waals surface area (Å²) in [6, 6.07) is 13.6. The summed E-state index contributed by atoms with van der Waals surface area (Å²) < 4.78 is 15.9. The number of hydrogen-bond donors (Lipinski definition) is 1. The molecule has 0 bridgehead atoms. The van der Waals surface area contributed by atoms with Gasteiger partial charge in [0.05, 0.1) is 19.8 Å². The lowest BCUT2D eigenvalue weighted by molar-refractivity contribution is 0.0600. The van der Waals surface area contributed by atoms with Gasteiger partial charge in [0.1, 0.15) is 6.61 Å². The number of nitrogens with one attached hydrogen (secondary N) is 1. The normalized spacial score (nSPS) is 16.0. The van der Waals surface area contributed by atoms with E-state index in [9.17, 15) is 4.79 Å². The number of rotatable bonds is 5. The minimum atomic E-state index is -0.319. The summed E-state index contributed by atoms with van der Waals surface area (Å²) in [5, 5.41) is 3.50. The van der Waals surface area contributed by atoms with Crippen molar-refractivity contribution < 1.29 is 19.0 Å². The molecule has 2 aromatic rings. The molecule has 0 spiro atoms. The largest absolute Gasteiger partial charge is 0.493 e. The Balaban J connectivity index is 1.59. The van der Waals surface area contributed by atoms with Crippen molar-refractivity contribution in [3.63, 3.8) is 0 Å². The van der Waals surface area contributed by atoms with E-state index in [-0.39, 0.29) is 12.0 Å². The SMILES string of the molecule is COC(=O)c1ccc(CN[C@H]2COc3c(cccc3OC)C2)cc1. The number of carbonyl (C=O) groups excluding carboxylic acids is 1. The van der Waals surface area contributed by atoms with E-state index in [0.717, 1.165) is 35.6 Å². The summed E-state index contributed by atoms with van der Waals surface area (Å²) in [4.78, 5) is 11.4. The molecule has 0 aromatic heterocycles. The van der Waals surface area contributed by atoms with E-state index in [1.165, 1.54) is 7.11 Å². The Kier molecular flexibility index (Phi) is 5.01. The van der Waals surface area contributed by atoms with Gasteiger partial charge in [-0.05, 0) is 35.7 Å². The van der Waals surface area contributed by atoms with Gasteiger partial charge in [-0.1, -0.05) is 24.3 Å². The molecule has 0 aliphatic carbocycles. The number of para-hydroxylation sites is 1. The maximum Gasteiger partial charge on any atom is 0.337 e. The number of benzene rings is 2. The molecule has 1 heterocycles. The summed E-state index contributed by atoms with van der Waals surface area (Å²) in [6.45, 7) is 1.32. The van der Waals surface area contributed by atoms with E-state index < -0.39 is 0 Å². The molecule has 1 aliphatic heterocycles. The molecule has 0 unspecified atom stereocenters. The Morgan fingerprint density at radius 2 is 2.00 bits per heavy atom. The molecule has 0 amide bonds. The first-order valence-electron chi connectivity index (χ1n) is 7.90. The predicted octanol–water partition coefficient (Wildman–Crippen LogP) is 2.58. The van der Waals surface area contributed by atoms with Gasteiger partial charge in [-0.2, -0.15) is 0 Å². The van der Waals surface area contributed by atoms with Crippen molar-refractivity contribution in [2.75, 3.05) is 20.8 Å². The Bertz CT molecular complexity index is 712. The summed E-state index contributed by atoms with van der Waals surface area (Å²) in [5.74, 6) is 1.31. The minimum absolute atomic E-state index is 0.241. The van der Waals surface area contributed by atoms with Crippen molar-refractivity contribution in [3.8, 4) is 11.5 Å². The van der Waals surface area contributed by atoms with Crippen LogP contribution in [0.2, 0.25) is 0 Å². The first-order chi connectivity index (χ1) is 11.7. The fraction of sp³-hybridized carbons (Fsp3) is 0.316. The van der Waals surface area contributed by atoms with Crippen LogP contribution in [0.4, 0.5) is 0 Å². The van der Waals surface area contributed by atoms with Gasteiger partial charge in [0, 0.05) is 12.6 Å². The maximum absolute atomic E-state index is 11.4. The number of carbonyl (C=O) groups is 1. The molecule has 0 fully saturated rings. The summed E-state index contributed by atoms with van der Waals surface area (Å²) in [6.07, 6.45) is 0.896. The monoisotopic (exact) mass is 327 g/mol. The molecule has 126 valence electrons. The second-order valence-corrected chi connectivity index (χ2v) is 5.73. The second-order valence-electron chi connectivity index (χ2n) is 5.73. The van der Waals surface area contributed by atoms with Crippen molar-refractivity contribution in [2.24, 2.45) is 0 Å². The summed E-state index contributed by atoms with van der Waals surface area (Å²) >= 11 is 0. The molecular formula is C19H21NO4. The average molecular weight is 327 g/mol. The Morgan fingerprint density at radius 1 is 1.21 bits per heavy atom. The van der Waals surface area contributed by atoms with E-state index in [1.54, 1.807) is 19.2 Å². The number of methoxy groups -OCH3 is 2. The first-order valence-corrected chi connectivity index (χ1v) is 7.90. The van der Waals surface area contributed by atoms with Crippen LogP contribution in [0.25, 0.3) is 0 Å². The van der Waals surface area contributed by atoms with E-state index in [0.29, 0.717) is 12.2 Å². The number of hydrogen-bond acceptors (Lipinski definition) is 5. The van der Waals surface area contributed by atoms with Crippen LogP contribution in [0, 0.1) is 0 Å². The number of fused-ring (bicyclic) bond motifs is 1. The highest BCUT2D eigenvalue weighted by atomic mass is 16.5. The molecule has 3 rings (SSSR count). The maximum atomic E-state index is 11.4. The van der Waals surface area contributed by atoms with Crippen LogP contribution in [-0.4, -0.2) is 32.8 Å². The third-order valence-electron chi connectivity index (χ3n) is 4.15. The van der Waals surface area contributed by atoms with E-state index in [2.05, 4.69) is 11.4 Å². The van der Waals surface area contributed by atoms with Crippen LogP contribution in [0.15, 0.2) is 42.5 Å². The lowest BCUT2D eigenvalue weighted by atomic mass is 10.0. The molecule has 2 aromatic carbocycles. The lowest BCUT2D eigenvalue weighted by Crippen LogP contribution is -2.38. The fourth-order valence-electron chi connectivity index (χ4n) is 2.82. The van der Waals surface area contributed by atoms with Gasteiger partial charge in [0.25, 0.3) is 0 Å². The Morgan fingerprint density at radius 3 is 2.71 bits per heavy atom. The highest BCUT2D eigenvalue weighted by Gasteiger charge is 2.22. The van der Waals surface area contributed by atoms with E-state index in [4.69, 9.17) is 14.2 Å². The van der Waals surface area contributed by atoms with Crippen LogP contribution < -0.4 is 14.8 Å². The van der Waals surface area contributed by atoms with Crippen molar-refractivity contribution in [1.82, 2.24) is 5.32 Å². The molecular weight excluding hydrogens is 306 g/mol. The predicted molar refractivity (Wildman–Crippen MR) is 90.6 cm³/mol. The van der Waals surface area contributed by atoms with Gasteiger partial charge in [0.2, 0.25) is 0 Å². The van der Waals surface area contributed by atoms with Crippen LogP contribution in [0.3, 0.4) is 0 Å². The molecule has 5 heteroatoms. The van der Waals surface area contributed by atoms with Crippen LogP contribution in [-0.2, 0) is 17.7 Å². The van der Waals surface area contributed by atoms with Crippen LogP contribution >= 0.6 is 0 Å². The summed E-state index contributed by atoms with van der Waals surface area (Å²) in [7, 11) is 3.04. The van der Waals surface area contributed by atoms with Gasteiger partial charge in [0.15, 0.2) is 11.5 Å². The van der Waals surface area contributed by atoms with Crippen LogP contribution in [0.5, 0.6) is 11.5 Å². The number of esters is 1. The Hall–Kier alpha value is -2.53. The standard InChI is InChI=1S/C19H21NO4/c1-22-17-5-3-4-15-10-16(12-24-18(15)17)20-11-13-6-8-14(9-7-13)19(21)23-2/h3-9,16,20H,10-12H2,1-2H3/t16-/m1/s1. The zero-order chi connectivity index (χ0) is 16.9. The Labute approximate surface area is 141 Å². The lowest BCUT2D eigenvalue weighted by Gasteiger charge is -2.27. The highest BCUT2D eigenvalue weighted by molar-refractivity contribution is 5.89. The molecule has 0 saturated heterocycles. The molecule has 5 nitrogen and oxygen atoms in total. The minimum Gasteiger partial charge on any atom is -0.493 e. The van der Waals surface area contributed by atoms with Gasteiger partial charge >= 0.3 is 5.97 Å². The van der Waals surface area contributed by atoms with E-state index >= 15 is 0 Å². The smallest absolute Gasteiger partial charge is 0.337 e. The average Bonchev–Trinajstić information content (AvgIpc) is 2.65. The van der Waals surface area contributed by atoms with Gasteiger partial charge in [-0.25, -0.2) is 4.79 Å². The third-order valence-corrected chi connectivity index (χ3v) is 4.15. The fourth-order valence-corrected chi connectivity index (χ4v) is 2.82. The molecule has 0 saturated carbocycles. The molecule has 1 N–H and O–H groups in total. The second kappa shape index (κ2) is 7.36. The van der Waals surface area contributed by atoms with Crippen molar-refractivity contribution in [3.05, 3.63) is 59.2 Å². The van der Waals surface area contributed by atoms with E-state index in [1.807, 2.05) is 24.3 Å². The zero-order valence-electron chi connectivity index (χ0n) is 13.9. The van der Waals surface area contributed by atoms with Gasteiger partial charge < -0.3 is 19.5 Å². The third kappa shape index (κ3) is 3.51. The van der Waals surface area contributed by atoms with Gasteiger partial charge in [-0.3, -0.25) is 0 Å². The quantitative estimate of drug-likeness (QED) is 0.856. The topological polar surface area (TPSA) is 56.8 Å². The summed E-state index contributed by atoms with van der Waals surface area (Å²) in [5.41, 5.74) is 2.82. The highest BCUT2D eigenvalue weighted by Crippen LogP contribution is 2.34. The van der Waals surface area contributed by atoms with Gasteiger partial charge in [-0.15, -0.1) is 0 Å².